The van der Waals surface area contributed by atoms with Gasteiger partial charge < -0.3 is 5.11 Å². The van der Waals surface area contributed by atoms with Gasteiger partial charge in [-0.3, -0.25) is 0 Å². The first kappa shape index (κ1) is 6.47. The van der Waals surface area contributed by atoms with Crippen LogP contribution in [0, 0.1) is 17.8 Å². The standard InChI is InChI=1S/C10H16O/c11-10-4-3-7-5-9(10)2-1-8(7)6-10/h7-9,11H,1-6H2/t7-,8-,9-,10+/m0/s1. The van der Waals surface area contributed by atoms with Crippen molar-refractivity contribution in [2.45, 2.75) is 44.1 Å². The molecule has 0 aromatic rings. The van der Waals surface area contributed by atoms with Crippen molar-refractivity contribution in [2.75, 3.05) is 0 Å². The van der Waals surface area contributed by atoms with Crippen molar-refractivity contribution in [1.82, 2.24) is 0 Å². The van der Waals surface area contributed by atoms with Gasteiger partial charge in [-0.25, -0.2) is 0 Å². The van der Waals surface area contributed by atoms with E-state index < -0.39 is 0 Å². The summed E-state index contributed by atoms with van der Waals surface area (Å²) in [6.45, 7) is 0. The van der Waals surface area contributed by atoms with E-state index in [1.54, 1.807) is 0 Å². The van der Waals surface area contributed by atoms with Gasteiger partial charge in [0.2, 0.25) is 0 Å². The topological polar surface area (TPSA) is 20.2 Å². The highest BCUT2D eigenvalue weighted by Crippen LogP contribution is 2.57. The maximum Gasteiger partial charge on any atom is 0.0678 e. The Hall–Kier alpha value is -0.0400. The minimum Gasteiger partial charge on any atom is -0.390 e. The fraction of sp³-hybridized carbons (Fsp3) is 1.00. The van der Waals surface area contributed by atoms with Gasteiger partial charge in [-0.2, -0.15) is 0 Å². The third-order valence-electron chi connectivity index (χ3n) is 4.46. The molecular weight excluding hydrogens is 136 g/mol. The van der Waals surface area contributed by atoms with Crippen molar-refractivity contribution in [1.29, 1.82) is 0 Å². The van der Waals surface area contributed by atoms with Crippen LogP contribution in [0.25, 0.3) is 0 Å². The van der Waals surface area contributed by atoms with E-state index in [-0.39, 0.29) is 5.60 Å². The second-order valence-corrected chi connectivity index (χ2v) is 4.88. The van der Waals surface area contributed by atoms with Crippen LogP contribution in [0.15, 0.2) is 0 Å². The number of aliphatic hydroxyl groups is 1. The molecule has 5 saturated carbocycles. The van der Waals surface area contributed by atoms with E-state index in [4.69, 9.17) is 0 Å². The quantitative estimate of drug-likeness (QED) is 0.562. The lowest BCUT2D eigenvalue weighted by Crippen LogP contribution is -2.55. The zero-order chi connectivity index (χ0) is 7.47. The Morgan fingerprint density at radius 1 is 1.09 bits per heavy atom. The van der Waals surface area contributed by atoms with Gasteiger partial charge in [-0.15, -0.1) is 0 Å². The SMILES string of the molecule is O[C@@]12CC[C@H]3C[C@@H]1CC[C@H]3C2. The third kappa shape index (κ3) is 0.703. The van der Waals surface area contributed by atoms with E-state index in [0.29, 0.717) is 5.92 Å². The monoisotopic (exact) mass is 152 g/mol. The van der Waals surface area contributed by atoms with E-state index in [0.717, 1.165) is 24.7 Å². The maximum absolute atomic E-state index is 10.2. The minimum absolute atomic E-state index is 0.197. The summed E-state index contributed by atoms with van der Waals surface area (Å²) in [5.41, 5.74) is -0.197. The van der Waals surface area contributed by atoms with Gasteiger partial charge in [-0.1, -0.05) is 0 Å². The summed E-state index contributed by atoms with van der Waals surface area (Å²) in [5.74, 6) is 2.59. The lowest BCUT2D eigenvalue weighted by Gasteiger charge is -2.57. The molecule has 5 aliphatic carbocycles. The molecule has 0 aromatic carbocycles. The fourth-order valence-electron chi connectivity index (χ4n) is 3.80. The Bertz CT molecular complexity index is 189. The molecule has 0 amide bonds. The van der Waals surface area contributed by atoms with Crippen LogP contribution < -0.4 is 0 Å². The summed E-state index contributed by atoms with van der Waals surface area (Å²) >= 11 is 0. The predicted octanol–water partition coefficient (Wildman–Crippen LogP) is 1.95. The fourth-order valence-corrected chi connectivity index (χ4v) is 3.80. The molecule has 5 fully saturated rings. The smallest absolute Gasteiger partial charge is 0.0678 e. The molecule has 4 atom stereocenters. The number of rotatable bonds is 0. The second-order valence-electron chi connectivity index (χ2n) is 4.88. The first-order valence-corrected chi connectivity index (χ1v) is 5.00. The van der Waals surface area contributed by atoms with Gasteiger partial charge in [-0.05, 0) is 56.3 Å². The largest absolute Gasteiger partial charge is 0.390 e. The summed E-state index contributed by atoms with van der Waals surface area (Å²) in [4.78, 5) is 0. The molecule has 11 heavy (non-hydrogen) atoms. The predicted molar refractivity (Wildman–Crippen MR) is 43.1 cm³/mol. The van der Waals surface area contributed by atoms with Crippen molar-refractivity contribution in [3.8, 4) is 0 Å². The minimum atomic E-state index is -0.197. The van der Waals surface area contributed by atoms with Crippen molar-refractivity contribution < 1.29 is 5.11 Å². The average molecular weight is 152 g/mol. The third-order valence-corrected chi connectivity index (χ3v) is 4.46. The van der Waals surface area contributed by atoms with Crippen LogP contribution in [-0.4, -0.2) is 10.7 Å². The van der Waals surface area contributed by atoms with E-state index in [2.05, 4.69) is 0 Å². The molecule has 5 rings (SSSR count). The van der Waals surface area contributed by atoms with E-state index in [9.17, 15) is 5.11 Å². The summed E-state index contributed by atoms with van der Waals surface area (Å²) < 4.78 is 0. The van der Waals surface area contributed by atoms with Gasteiger partial charge in [0.15, 0.2) is 0 Å². The van der Waals surface area contributed by atoms with Crippen molar-refractivity contribution in [2.24, 2.45) is 17.8 Å². The van der Waals surface area contributed by atoms with E-state index in [1.165, 1.54) is 25.7 Å². The molecule has 0 aliphatic heterocycles. The summed E-state index contributed by atoms with van der Waals surface area (Å²) in [6, 6.07) is 0. The molecule has 1 nitrogen and oxygen atoms in total. The summed E-state index contributed by atoms with van der Waals surface area (Å²) in [5, 5.41) is 10.2. The molecule has 1 heteroatoms. The Morgan fingerprint density at radius 3 is 2.55 bits per heavy atom. The van der Waals surface area contributed by atoms with Crippen molar-refractivity contribution >= 4 is 0 Å². The zero-order valence-corrected chi connectivity index (χ0v) is 6.92. The molecule has 1 N–H and O–H groups in total. The summed E-state index contributed by atoms with van der Waals surface area (Å²) in [7, 11) is 0. The molecule has 0 heterocycles. The Labute approximate surface area is 67.8 Å². The normalized spacial score (nSPS) is 60.3. The number of hydrogen-bond donors (Lipinski definition) is 1. The number of hydrogen-bond acceptors (Lipinski definition) is 1. The molecule has 0 unspecified atom stereocenters. The molecule has 0 saturated heterocycles. The van der Waals surface area contributed by atoms with Crippen molar-refractivity contribution in [3.05, 3.63) is 0 Å². The van der Waals surface area contributed by atoms with E-state index >= 15 is 0 Å². The second kappa shape index (κ2) is 1.82. The van der Waals surface area contributed by atoms with Crippen LogP contribution >= 0.6 is 0 Å². The molecule has 4 bridgehead atoms. The molecule has 0 aromatic heterocycles. The first-order chi connectivity index (χ1) is 5.28. The van der Waals surface area contributed by atoms with Gasteiger partial charge in [0.05, 0.1) is 5.60 Å². The lowest BCUT2D eigenvalue weighted by atomic mass is 9.51. The van der Waals surface area contributed by atoms with Gasteiger partial charge >= 0.3 is 0 Å². The van der Waals surface area contributed by atoms with Gasteiger partial charge in [0.1, 0.15) is 0 Å². The molecular formula is C10H16O. The van der Waals surface area contributed by atoms with Crippen LogP contribution in [-0.2, 0) is 0 Å². The van der Waals surface area contributed by atoms with Crippen LogP contribution in [0.5, 0.6) is 0 Å². The van der Waals surface area contributed by atoms with Gasteiger partial charge in [0, 0.05) is 0 Å². The first-order valence-electron chi connectivity index (χ1n) is 5.00. The highest BCUT2D eigenvalue weighted by molar-refractivity contribution is 5.05. The van der Waals surface area contributed by atoms with Crippen molar-refractivity contribution in [3.63, 3.8) is 0 Å². The molecule has 62 valence electrons. The van der Waals surface area contributed by atoms with Crippen LogP contribution in [0.4, 0.5) is 0 Å². The molecule has 5 aliphatic rings. The Morgan fingerprint density at radius 2 is 2.00 bits per heavy atom. The van der Waals surface area contributed by atoms with Gasteiger partial charge in [0.25, 0.3) is 0 Å². The number of fused-ring (bicyclic) bond motifs is 2. The highest BCUT2D eigenvalue weighted by Gasteiger charge is 2.53. The average Bonchev–Trinajstić information content (AvgIpc) is 2.03. The van der Waals surface area contributed by atoms with Crippen LogP contribution in [0.1, 0.15) is 38.5 Å². The Balaban J connectivity index is 1.99. The van der Waals surface area contributed by atoms with Crippen LogP contribution in [0.3, 0.4) is 0 Å². The lowest BCUT2D eigenvalue weighted by molar-refractivity contribution is -0.160. The zero-order valence-electron chi connectivity index (χ0n) is 6.92. The van der Waals surface area contributed by atoms with E-state index in [1.807, 2.05) is 0 Å². The molecule has 0 spiro atoms. The van der Waals surface area contributed by atoms with Crippen LogP contribution in [0.2, 0.25) is 0 Å². The summed E-state index contributed by atoms with van der Waals surface area (Å²) in [6.07, 6.45) is 7.65. The molecule has 0 radical (unpaired) electrons. The Kier molecular flexibility index (Phi) is 1.07. The highest BCUT2D eigenvalue weighted by atomic mass is 16.3. The maximum atomic E-state index is 10.2.